The summed E-state index contributed by atoms with van der Waals surface area (Å²) in [7, 11) is -7.80. The SMILES string of the molecule is O=S(=O)(O)O.O=[PH](O)O. The van der Waals surface area contributed by atoms with Gasteiger partial charge in [0.2, 0.25) is 0 Å². The highest BCUT2D eigenvalue weighted by atomic mass is 32.3. The number of rotatable bonds is 0. The minimum absolute atomic E-state index is 3.13. The van der Waals surface area contributed by atoms with E-state index in [9.17, 15) is 0 Å². The normalized spacial score (nSPS) is 10.3. The molecule has 0 atom stereocenters. The maximum absolute atomic E-state index is 8.74. The summed E-state index contributed by atoms with van der Waals surface area (Å²) in [4.78, 5) is 14.3. The third-order valence-electron chi connectivity index (χ3n) is 0. The highest BCUT2D eigenvalue weighted by molar-refractivity contribution is 7.79. The fourth-order valence-corrected chi connectivity index (χ4v) is 0. The van der Waals surface area contributed by atoms with Crippen LogP contribution >= 0.6 is 8.25 Å². The monoisotopic (exact) mass is 180 g/mol. The third kappa shape index (κ3) is 727000. The lowest BCUT2D eigenvalue weighted by atomic mass is 15.8. The second-order valence-electron chi connectivity index (χ2n) is 0.730. The second kappa shape index (κ2) is 4.86. The molecule has 0 unspecified atom stereocenters. The molecule has 0 fully saturated rings. The Hall–Kier alpha value is 0.0200. The van der Waals surface area contributed by atoms with Crippen LogP contribution in [0.5, 0.6) is 0 Å². The van der Waals surface area contributed by atoms with Crippen molar-refractivity contribution in [2.75, 3.05) is 0 Å². The van der Waals surface area contributed by atoms with Gasteiger partial charge in [-0.2, -0.15) is 8.42 Å². The molecule has 0 amide bonds. The van der Waals surface area contributed by atoms with Gasteiger partial charge in [-0.05, 0) is 0 Å². The Balaban J connectivity index is 0. The Bertz CT molecular complexity index is 151. The molecule has 0 aromatic rings. The Morgan fingerprint density at radius 2 is 1.11 bits per heavy atom. The van der Waals surface area contributed by atoms with Crippen LogP contribution in [0.2, 0.25) is 0 Å². The Kier molecular flexibility index (Phi) is 6.35. The van der Waals surface area contributed by atoms with Gasteiger partial charge in [0, 0.05) is 0 Å². The molecule has 0 saturated carbocycles. The molecule has 0 radical (unpaired) electrons. The highest BCUT2D eigenvalue weighted by Crippen LogP contribution is 1.98. The largest absolute Gasteiger partial charge is 0.394 e. The highest BCUT2D eigenvalue weighted by Gasteiger charge is 1.84. The van der Waals surface area contributed by atoms with E-state index in [2.05, 4.69) is 0 Å². The zero-order chi connectivity index (χ0) is 8.08. The first-order chi connectivity index (χ1) is 3.73. The van der Waals surface area contributed by atoms with Crippen LogP contribution in [0.25, 0.3) is 0 Å². The zero-order valence-corrected chi connectivity index (χ0v) is 5.74. The van der Waals surface area contributed by atoms with Gasteiger partial charge in [-0.25, -0.2) is 0 Å². The minimum atomic E-state index is -4.67. The third-order valence-corrected chi connectivity index (χ3v) is 0. The molecule has 0 rings (SSSR count). The van der Waals surface area contributed by atoms with Crippen LogP contribution in [0.4, 0.5) is 0 Å². The average Bonchev–Trinajstić information content (AvgIpc) is 1.19. The first-order valence-electron chi connectivity index (χ1n) is 1.35. The molecule has 0 aromatic carbocycles. The molecule has 0 bridgehead atoms. The minimum Gasteiger partial charge on any atom is -0.326 e. The lowest BCUT2D eigenvalue weighted by Gasteiger charge is -1.68. The van der Waals surface area contributed by atoms with E-state index in [4.69, 9.17) is 31.9 Å². The fraction of sp³-hybridized carbons (Fsp3) is 0. The van der Waals surface area contributed by atoms with Gasteiger partial charge in [-0.15, -0.1) is 0 Å². The van der Waals surface area contributed by atoms with Crippen molar-refractivity contribution in [1.29, 1.82) is 0 Å². The molecule has 0 heterocycles. The first kappa shape index (κ1) is 11.8. The van der Waals surface area contributed by atoms with Crippen molar-refractivity contribution in [3.63, 3.8) is 0 Å². The lowest BCUT2D eigenvalue weighted by molar-refractivity contribution is 0.380. The average molecular weight is 180 g/mol. The van der Waals surface area contributed by atoms with Gasteiger partial charge in [0.15, 0.2) is 0 Å². The van der Waals surface area contributed by atoms with Crippen LogP contribution in [-0.2, 0) is 15.0 Å². The van der Waals surface area contributed by atoms with E-state index in [-0.39, 0.29) is 0 Å². The maximum Gasteiger partial charge on any atom is 0.394 e. The van der Waals surface area contributed by atoms with Gasteiger partial charge < -0.3 is 9.79 Å². The van der Waals surface area contributed by atoms with Crippen molar-refractivity contribution in [3.8, 4) is 0 Å². The Morgan fingerprint density at radius 1 is 1.11 bits per heavy atom. The molecule has 0 aliphatic heterocycles. The zero-order valence-electron chi connectivity index (χ0n) is 3.92. The molecule has 9 heavy (non-hydrogen) atoms. The Labute approximate surface area is 51.5 Å². The van der Waals surface area contributed by atoms with Gasteiger partial charge in [-0.1, -0.05) is 0 Å². The molecule has 7 nitrogen and oxygen atoms in total. The van der Waals surface area contributed by atoms with Gasteiger partial charge in [-0.3, -0.25) is 13.7 Å². The summed E-state index contributed by atoms with van der Waals surface area (Å²) >= 11 is 0. The fourth-order valence-electron chi connectivity index (χ4n) is 0. The van der Waals surface area contributed by atoms with Crippen LogP contribution in [-0.4, -0.2) is 27.3 Å². The maximum atomic E-state index is 8.74. The van der Waals surface area contributed by atoms with Crippen molar-refractivity contribution in [2.24, 2.45) is 0 Å². The summed E-state index contributed by atoms with van der Waals surface area (Å²) in [5.74, 6) is 0. The van der Waals surface area contributed by atoms with Crippen molar-refractivity contribution < 1.29 is 31.9 Å². The molecular formula is H5O7PS. The number of hydrogen-bond donors (Lipinski definition) is 4. The molecule has 0 aliphatic rings. The quantitative estimate of drug-likeness (QED) is 0.269. The molecule has 0 spiro atoms. The molecular weight excluding hydrogens is 175 g/mol. The molecule has 0 aliphatic carbocycles. The summed E-state index contributed by atoms with van der Waals surface area (Å²) in [6, 6.07) is 0. The van der Waals surface area contributed by atoms with E-state index >= 15 is 0 Å². The van der Waals surface area contributed by atoms with E-state index < -0.39 is 18.7 Å². The van der Waals surface area contributed by atoms with Crippen molar-refractivity contribution in [1.82, 2.24) is 0 Å². The molecule has 0 aromatic heterocycles. The smallest absolute Gasteiger partial charge is 0.326 e. The summed E-state index contributed by atoms with van der Waals surface area (Å²) in [5, 5.41) is 0. The van der Waals surface area contributed by atoms with Crippen LogP contribution in [0, 0.1) is 0 Å². The van der Waals surface area contributed by atoms with Crippen LogP contribution < -0.4 is 0 Å². The number of hydrogen-bond acceptors (Lipinski definition) is 3. The molecule has 9 heteroatoms. The van der Waals surface area contributed by atoms with Gasteiger partial charge in [0.25, 0.3) is 0 Å². The van der Waals surface area contributed by atoms with E-state index in [0.717, 1.165) is 0 Å². The summed E-state index contributed by atoms with van der Waals surface area (Å²) in [6.07, 6.45) is 0. The summed E-state index contributed by atoms with van der Waals surface area (Å²) in [5.41, 5.74) is 0. The van der Waals surface area contributed by atoms with Crippen molar-refractivity contribution in [3.05, 3.63) is 0 Å². The van der Waals surface area contributed by atoms with Crippen LogP contribution in [0.15, 0.2) is 0 Å². The Morgan fingerprint density at radius 3 is 1.11 bits per heavy atom. The summed E-state index contributed by atoms with van der Waals surface area (Å²) < 4.78 is 40.3. The van der Waals surface area contributed by atoms with Crippen LogP contribution in [0.3, 0.4) is 0 Å². The van der Waals surface area contributed by atoms with Gasteiger partial charge in [0.05, 0.1) is 0 Å². The second-order valence-corrected chi connectivity index (χ2v) is 2.19. The molecule has 0 saturated heterocycles. The topological polar surface area (TPSA) is 132 Å². The van der Waals surface area contributed by atoms with Crippen LogP contribution in [0.1, 0.15) is 0 Å². The predicted molar refractivity (Wildman–Crippen MR) is 27.6 cm³/mol. The summed E-state index contributed by atoms with van der Waals surface area (Å²) in [6.45, 7) is 0. The molecule has 4 N–H and O–H groups in total. The van der Waals surface area contributed by atoms with E-state index in [0.29, 0.717) is 0 Å². The first-order valence-corrected chi connectivity index (χ1v) is 4.05. The van der Waals surface area contributed by atoms with Crippen molar-refractivity contribution >= 4 is 18.7 Å². The van der Waals surface area contributed by atoms with Gasteiger partial charge >= 0.3 is 18.7 Å². The molecule has 58 valence electrons. The van der Waals surface area contributed by atoms with Gasteiger partial charge in [0.1, 0.15) is 0 Å². The van der Waals surface area contributed by atoms with E-state index in [1.807, 2.05) is 0 Å². The predicted octanol–water partition coefficient (Wildman–Crippen LogP) is -1.29. The van der Waals surface area contributed by atoms with Crippen molar-refractivity contribution in [2.45, 2.75) is 0 Å². The standard InChI is InChI=1S/H2O4S.H3O3P/c1-5(2,3)4;1-4(2)3/h(H2,1,2,3,4);4H,(H2,1,2,3). The lowest BCUT2D eigenvalue weighted by Crippen LogP contribution is -1.89. The van der Waals surface area contributed by atoms with E-state index in [1.54, 1.807) is 0 Å². The van der Waals surface area contributed by atoms with E-state index in [1.165, 1.54) is 0 Å².